The average Bonchev–Trinajstić information content (AvgIpc) is 1.96. The Balaban J connectivity index is 3.37. The maximum absolute atomic E-state index is 11.1. The van der Waals surface area contributed by atoms with Gasteiger partial charge in [-0.2, -0.15) is 0 Å². The minimum absolute atomic E-state index is 0.0198. The predicted octanol–water partition coefficient (Wildman–Crippen LogP) is 2.73. The summed E-state index contributed by atoms with van der Waals surface area (Å²) in [6.45, 7) is 1.49. The van der Waals surface area contributed by atoms with Crippen LogP contribution in [-0.2, 0) is 0 Å². The molecule has 0 heterocycles. The first-order valence-corrected chi connectivity index (χ1v) is 4.73. The van der Waals surface area contributed by atoms with Crippen molar-refractivity contribution < 1.29 is 4.79 Å². The summed E-state index contributed by atoms with van der Waals surface area (Å²) in [6.07, 6.45) is 0. The van der Waals surface area contributed by atoms with Crippen LogP contribution in [-0.4, -0.2) is 5.78 Å². The van der Waals surface area contributed by atoms with Crippen LogP contribution in [0.4, 0.5) is 5.69 Å². The molecular weight excluding hydrogens is 288 g/mol. The monoisotopic (exact) mass is 295 g/mol. The van der Waals surface area contributed by atoms with Crippen LogP contribution in [0.1, 0.15) is 17.3 Å². The van der Waals surface area contributed by atoms with Gasteiger partial charge in [0.15, 0.2) is 5.78 Å². The van der Waals surface area contributed by atoms with Crippen LogP contribution in [0.15, 0.2) is 12.1 Å². The predicted molar refractivity (Wildman–Crippen MR) is 58.6 cm³/mol. The summed E-state index contributed by atoms with van der Waals surface area (Å²) in [6, 6.07) is 3.27. The lowest BCUT2D eigenvalue weighted by molar-refractivity contribution is 0.101. The molecule has 0 aliphatic rings. The largest absolute Gasteiger partial charge is 0.399 e. The van der Waals surface area contributed by atoms with Crippen molar-refractivity contribution in [3.05, 3.63) is 26.3 Å². The summed E-state index contributed by atoms with van der Waals surface area (Å²) in [7, 11) is 0. The Bertz CT molecular complexity index is 338. The van der Waals surface area contributed by atoms with Crippen LogP contribution >= 0.6 is 34.2 Å². The van der Waals surface area contributed by atoms with Crippen LogP contribution in [0.2, 0.25) is 5.02 Å². The highest BCUT2D eigenvalue weighted by Crippen LogP contribution is 2.25. The third kappa shape index (κ3) is 1.90. The zero-order valence-electron chi connectivity index (χ0n) is 6.40. The van der Waals surface area contributed by atoms with Crippen molar-refractivity contribution >= 4 is 45.7 Å². The molecule has 12 heavy (non-hydrogen) atoms. The molecule has 0 aliphatic heterocycles. The number of hydrogen-bond donors (Lipinski definition) is 1. The van der Waals surface area contributed by atoms with Gasteiger partial charge in [-0.25, -0.2) is 0 Å². The number of hydrogen-bond acceptors (Lipinski definition) is 2. The topological polar surface area (TPSA) is 43.1 Å². The molecule has 0 amide bonds. The van der Waals surface area contributed by atoms with E-state index < -0.39 is 0 Å². The number of nitrogen functional groups attached to an aromatic ring is 1. The van der Waals surface area contributed by atoms with Gasteiger partial charge in [0, 0.05) is 14.8 Å². The number of Topliss-reactive ketones (excluding diaryl/α,β-unsaturated/α-hetero) is 1. The van der Waals surface area contributed by atoms with Crippen molar-refractivity contribution in [2.75, 3.05) is 5.73 Å². The lowest BCUT2D eigenvalue weighted by Gasteiger charge is -2.03. The Morgan fingerprint density at radius 2 is 2.17 bits per heavy atom. The second-order valence-corrected chi connectivity index (χ2v) is 3.91. The van der Waals surface area contributed by atoms with E-state index >= 15 is 0 Å². The van der Waals surface area contributed by atoms with Gasteiger partial charge in [0.05, 0.1) is 5.02 Å². The van der Waals surface area contributed by atoms with E-state index in [4.69, 9.17) is 17.3 Å². The first-order valence-electron chi connectivity index (χ1n) is 3.28. The third-order valence-electron chi connectivity index (χ3n) is 1.43. The molecule has 0 spiro atoms. The smallest absolute Gasteiger partial charge is 0.160 e. The molecule has 0 saturated carbocycles. The van der Waals surface area contributed by atoms with Gasteiger partial charge in [-0.1, -0.05) is 11.6 Å². The fourth-order valence-corrected chi connectivity index (χ4v) is 1.79. The second kappa shape index (κ2) is 3.62. The van der Waals surface area contributed by atoms with E-state index in [9.17, 15) is 4.79 Å². The highest BCUT2D eigenvalue weighted by molar-refractivity contribution is 14.1. The van der Waals surface area contributed by atoms with Crippen molar-refractivity contribution in [2.24, 2.45) is 0 Å². The molecule has 0 saturated heterocycles. The zero-order chi connectivity index (χ0) is 9.30. The number of carbonyl (C=O) groups is 1. The van der Waals surface area contributed by atoms with Crippen LogP contribution < -0.4 is 5.73 Å². The molecule has 0 unspecified atom stereocenters. The van der Waals surface area contributed by atoms with Gasteiger partial charge in [0.1, 0.15) is 0 Å². The van der Waals surface area contributed by atoms with E-state index in [1.54, 1.807) is 12.1 Å². The number of ketones is 1. The van der Waals surface area contributed by atoms with Gasteiger partial charge < -0.3 is 5.73 Å². The molecule has 0 radical (unpaired) electrons. The number of rotatable bonds is 1. The average molecular weight is 296 g/mol. The molecule has 0 bridgehead atoms. The normalized spacial score (nSPS) is 9.92. The van der Waals surface area contributed by atoms with Crippen LogP contribution in [0.5, 0.6) is 0 Å². The summed E-state index contributed by atoms with van der Waals surface area (Å²) < 4.78 is 0.760. The highest BCUT2D eigenvalue weighted by Gasteiger charge is 2.09. The van der Waals surface area contributed by atoms with E-state index in [1.807, 2.05) is 22.6 Å². The molecule has 1 aromatic rings. The maximum atomic E-state index is 11.1. The van der Waals surface area contributed by atoms with E-state index in [1.165, 1.54) is 6.92 Å². The lowest BCUT2D eigenvalue weighted by atomic mass is 10.1. The molecular formula is C8H7ClINO. The molecule has 1 rings (SSSR count). The number of benzene rings is 1. The standard InChI is InChI=1S/C8H7ClINO/c1-4(12)6-2-5(11)3-7(9)8(6)10/h2-3H,11H2,1H3. The summed E-state index contributed by atoms with van der Waals surface area (Å²) in [5.74, 6) is -0.0198. The van der Waals surface area contributed by atoms with Crippen molar-refractivity contribution in [2.45, 2.75) is 6.92 Å². The Labute approximate surface area is 89.2 Å². The number of anilines is 1. The summed E-state index contributed by atoms with van der Waals surface area (Å²) in [5.41, 5.74) is 6.63. The van der Waals surface area contributed by atoms with Crippen molar-refractivity contribution in [3.8, 4) is 0 Å². The Hall–Kier alpha value is -0.290. The summed E-state index contributed by atoms with van der Waals surface area (Å²) in [5, 5.41) is 0.529. The molecule has 0 atom stereocenters. The zero-order valence-corrected chi connectivity index (χ0v) is 9.31. The number of halogens is 2. The van der Waals surface area contributed by atoms with Gasteiger partial charge in [-0.15, -0.1) is 0 Å². The first-order chi connectivity index (χ1) is 5.52. The molecule has 0 aliphatic carbocycles. The van der Waals surface area contributed by atoms with E-state index in [2.05, 4.69) is 0 Å². The second-order valence-electron chi connectivity index (χ2n) is 2.42. The van der Waals surface area contributed by atoms with Crippen molar-refractivity contribution in [3.63, 3.8) is 0 Å². The minimum atomic E-state index is -0.0198. The third-order valence-corrected chi connectivity index (χ3v) is 3.21. The van der Waals surface area contributed by atoms with Gasteiger partial charge in [0.2, 0.25) is 0 Å². The molecule has 1 aromatic carbocycles. The minimum Gasteiger partial charge on any atom is -0.399 e. The first kappa shape index (κ1) is 9.80. The molecule has 0 fully saturated rings. The number of carbonyl (C=O) groups excluding carboxylic acids is 1. The number of nitrogens with two attached hydrogens (primary N) is 1. The van der Waals surface area contributed by atoms with Gasteiger partial charge in [-0.3, -0.25) is 4.79 Å². The maximum Gasteiger partial charge on any atom is 0.160 e. The molecule has 0 aromatic heterocycles. The molecule has 4 heteroatoms. The highest BCUT2D eigenvalue weighted by atomic mass is 127. The van der Waals surface area contributed by atoms with Gasteiger partial charge in [-0.05, 0) is 41.6 Å². The lowest BCUT2D eigenvalue weighted by Crippen LogP contribution is -1.98. The quantitative estimate of drug-likeness (QED) is 0.492. The van der Waals surface area contributed by atoms with Gasteiger partial charge >= 0.3 is 0 Å². The molecule has 64 valence electrons. The Morgan fingerprint density at radius 3 is 2.67 bits per heavy atom. The van der Waals surface area contributed by atoms with Crippen molar-refractivity contribution in [1.82, 2.24) is 0 Å². The van der Waals surface area contributed by atoms with E-state index in [0.29, 0.717) is 16.3 Å². The fourth-order valence-electron chi connectivity index (χ4n) is 0.866. The van der Waals surface area contributed by atoms with E-state index in [-0.39, 0.29) is 5.78 Å². The van der Waals surface area contributed by atoms with Crippen LogP contribution in [0.3, 0.4) is 0 Å². The molecule has 2 nitrogen and oxygen atoms in total. The summed E-state index contributed by atoms with van der Waals surface area (Å²) in [4.78, 5) is 11.1. The molecule has 2 N–H and O–H groups in total. The fraction of sp³-hybridized carbons (Fsp3) is 0.125. The van der Waals surface area contributed by atoms with Gasteiger partial charge in [0.25, 0.3) is 0 Å². The van der Waals surface area contributed by atoms with Crippen LogP contribution in [0.25, 0.3) is 0 Å². The van der Waals surface area contributed by atoms with Crippen molar-refractivity contribution in [1.29, 1.82) is 0 Å². The Morgan fingerprint density at radius 1 is 1.58 bits per heavy atom. The summed E-state index contributed by atoms with van der Waals surface area (Å²) >= 11 is 7.85. The Kier molecular flexibility index (Phi) is 2.95. The SMILES string of the molecule is CC(=O)c1cc(N)cc(Cl)c1I. The van der Waals surface area contributed by atoms with E-state index in [0.717, 1.165) is 3.57 Å². The van der Waals surface area contributed by atoms with Crippen LogP contribution in [0, 0.1) is 3.57 Å².